The number of amides is 1. The van der Waals surface area contributed by atoms with Gasteiger partial charge in [0.15, 0.2) is 5.82 Å². The fourth-order valence-corrected chi connectivity index (χ4v) is 2.45. The van der Waals surface area contributed by atoms with Crippen molar-refractivity contribution < 1.29 is 4.79 Å². The topological polar surface area (TPSA) is 77.6 Å². The monoisotopic (exact) mass is 310 g/mol. The largest absolute Gasteiger partial charge is 0.322 e. The quantitative estimate of drug-likeness (QED) is 0.803. The Morgan fingerprint density at radius 1 is 1.22 bits per heavy atom. The number of aryl methyl sites for hydroxylation is 2. The van der Waals surface area contributed by atoms with Gasteiger partial charge in [-0.3, -0.25) is 9.48 Å². The summed E-state index contributed by atoms with van der Waals surface area (Å²) >= 11 is 0. The minimum Gasteiger partial charge on any atom is -0.322 e. The molecule has 3 rings (SSSR count). The summed E-state index contributed by atoms with van der Waals surface area (Å²) in [7, 11) is 3.70. The number of anilines is 1. The van der Waals surface area contributed by atoms with Gasteiger partial charge < -0.3 is 9.88 Å². The predicted octanol–water partition coefficient (Wildman–Crippen LogP) is 2.08. The van der Waals surface area contributed by atoms with Crippen molar-refractivity contribution in [3.8, 4) is 11.4 Å². The lowest BCUT2D eigenvalue weighted by molar-refractivity contribution is 0.102. The molecule has 0 bridgehead atoms. The van der Waals surface area contributed by atoms with Gasteiger partial charge in [-0.15, -0.1) is 10.2 Å². The van der Waals surface area contributed by atoms with Crippen molar-refractivity contribution in [1.29, 1.82) is 0 Å². The van der Waals surface area contributed by atoms with Gasteiger partial charge in [-0.2, -0.15) is 5.10 Å². The SMILES string of the molecule is Cc1c(NC(=O)c2cnn(C)c2C)cccc1-c1nncn1C. The van der Waals surface area contributed by atoms with Crippen LogP contribution < -0.4 is 5.32 Å². The standard InChI is InChI=1S/C16H18N6O/c1-10-12(15-20-17-9-21(15)3)6-5-7-14(10)19-16(23)13-8-18-22(4)11(13)2/h5-9H,1-4H3,(H,19,23). The molecule has 3 aromatic rings. The molecule has 0 unspecified atom stereocenters. The summed E-state index contributed by atoms with van der Waals surface area (Å²) in [4.78, 5) is 12.5. The Balaban J connectivity index is 1.94. The van der Waals surface area contributed by atoms with Gasteiger partial charge in [0.1, 0.15) is 6.33 Å². The number of aromatic nitrogens is 5. The van der Waals surface area contributed by atoms with E-state index in [0.717, 1.165) is 28.3 Å². The molecule has 0 spiro atoms. The van der Waals surface area contributed by atoms with E-state index in [0.29, 0.717) is 5.56 Å². The number of rotatable bonds is 3. The Morgan fingerprint density at radius 2 is 2.00 bits per heavy atom. The molecule has 0 saturated heterocycles. The Morgan fingerprint density at radius 3 is 2.61 bits per heavy atom. The van der Waals surface area contributed by atoms with Gasteiger partial charge in [0.2, 0.25) is 0 Å². The molecule has 0 saturated carbocycles. The average Bonchev–Trinajstić information content (AvgIpc) is 3.08. The van der Waals surface area contributed by atoms with Gasteiger partial charge in [-0.05, 0) is 25.5 Å². The van der Waals surface area contributed by atoms with Crippen molar-refractivity contribution in [2.45, 2.75) is 13.8 Å². The molecular formula is C16H18N6O. The molecule has 7 heteroatoms. The molecule has 0 aliphatic heterocycles. The first-order valence-corrected chi connectivity index (χ1v) is 7.23. The Bertz CT molecular complexity index is 877. The second-order valence-corrected chi connectivity index (χ2v) is 5.46. The molecule has 2 heterocycles. The molecule has 1 N–H and O–H groups in total. The van der Waals surface area contributed by atoms with Crippen LogP contribution in [0.3, 0.4) is 0 Å². The van der Waals surface area contributed by atoms with Crippen LogP contribution in [0.15, 0.2) is 30.7 Å². The van der Waals surface area contributed by atoms with Crippen LogP contribution in [-0.4, -0.2) is 30.5 Å². The lowest BCUT2D eigenvalue weighted by Gasteiger charge is -2.12. The minimum absolute atomic E-state index is 0.172. The summed E-state index contributed by atoms with van der Waals surface area (Å²) in [5, 5.41) is 15.1. The molecule has 118 valence electrons. The Hall–Kier alpha value is -2.96. The summed E-state index contributed by atoms with van der Waals surface area (Å²) in [6.45, 7) is 3.82. The van der Waals surface area contributed by atoms with Crippen molar-refractivity contribution in [3.05, 3.63) is 47.5 Å². The highest BCUT2D eigenvalue weighted by atomic mass is 16.1. The third-order valence-electron chi connectivity index (χ3n) is 4.01. The van der Waals surface area contributed by atoms with Crippen molar-refractivity contribution >= 4 is 11.6 Å². The van der Waals surface area contributed by atoms with E-state index in [1.54, 1.807) is 17.2 Å². The molecule has 0 radical (unpaired) electrons. The fraction of sp³-hybridized carbons (Fsp3) is 0.250. The zero-order valence-corrected chi connectivity index (χ0v) is 13.5. The number of carbonyl (C=O) groups excluding carboxylic acids is 1. The first-order valence-electron chi connectivity index (χ1n) is 7.23. The van der Waals surface area contributed by atoms with E-state index < -0.39 is 0 Å². The van der Waals surface area contributed by atoms with Crippen molar-refractivity contribution in [2.24, 2.45) is 14.1 Å². The summed E-state index contributed by atoms with van der Waals surface area (Å²) in [5.41, 5.74) is 4.02. The number of carbonyl (C=O) groups is 1. The van der Waals surface area contributed by atoms with E-state index in [9.17, 15) is 4.79 Å². The minimum atomic E-state index is -0.172. The summed E-state index contributed by atoms with van der Waals surface area (Å²) in [6, 6.07) is 5.73. The third-order valence-corrected chi connectivity index (χ3v) is 4.01. The van der Waals surface area contributed by atoms with E-state index >= 15 is 0 Å². The van der Waals surface area contributed by atoms with E-state index in [2.05, 4.69) is 20.6 Å². The van der Waals surface area contributed by atoms with Crippen LogP contribution in [0.4, 0.5) is 5.69 Å². The van der Waals surface area contributed by atoms with Crippen LogP contribution in [0.1, 0.15) is 21.6 Å². The van der Waals surface area contributed by atoms with Crippen LogP contribution >= 0.6 is 0 Å². The summed E-state index contributed by atoms with van der Waals surface area (Å²) in [6.07, 6.45) is 3.23. The first-order chi connectivity index (χ1) is 11.0. The molecule has 23 heavy (non-hydrogen) atoms. The maximum atomic E-state index is 12.5. The average molecular weight is 310 g/mol. The number of hydrogen-bond donors (Lipinski definition) is 1. The van der Waals surface area contributed by atoms with Gasteiger partial charge in [-0.25, -0.2) is 0 Å². The predicted molar refractivity (Wildman–Crippen MR) is 87.1 cm³/mol. The highest BCUT2D eigenvalue weighted by molar-refractivity contribution is 6.05. The van der Waals surface area contributed by atoms with E-state index in [4.69, 9.17) is 0 Å². The van der Waals surface area contributed by atoms with Gasteiger partial charge in [0.25, 0.3) is 5.91 Å². The lowest BCUT2D eigenvalue weighted by atomic mass is 10.1. The molecule has 0 fully saturated rings. The van der Waals surface area contributed by atoms with Gasteiger partial charge in [-0.1, -0.05) is 12.1 Å². The summed E-state index contributed by atoms with van der Waals surface area (Å²) in [5.74, 6) is 0.588. The van der Waals surface area contributed by atoms with Crippen LogP contribution in [0, 0.1) is 13.8 Å². The van der Waals surface area contributed by atoms with Crippen molar-refractivity contribution in [2.75, 3.05) is 5.32 Å². The van der Waals surface area contributed by atoms with Crippen molar-refractivity contribution in [1.82, 2.24) is 24.5 Å². The molecule has 7 nitrogen and oxygen atoms in total. The summed E-state index contributed by atoms with van der Waals surface area (Å²) < 4.78 is 3.52. The number of hydrogen-bond acceptors (Lipinski definition) is 4. The van der Waals surface area contributed by atoms with E-state index in [-0.39, 0.29) is 5.91 Å². The second kappa shape index (κ2) is 5.68. The number of nitrogens with zero attached hydrogens (tertiary/aromatic N) is 5. The molecule has 1 amide bonds. The number of nitrogens with one attached hydrogen (secondary N) is 1. The van der Waals surface area contributed by atoms with E-state index in [1.165, 1.54) is 0 Å². The molecular weight excluding hydrogens is 292 g/mol. The van der Waals surface area contributed by atoms with Crippen LogP contribution in [0.2, 0.25) is 0 Å². The molecule has 0 aliphatic carbocycles. The normalized spacial score (nSPS) is 10.8. The van der Waals surface area contributed by atoms with Gasteiger partial charge in [0.05, 0.1) is 11.8 Å². The second-order valence-electron chi connectivity index (χ2n) is 5.46. The van der Waals surface area contributed by atoms with Crippen LogP contribution in [0.5, 0.6) is 0 Å². The molecule has 2 aromatic heterocycles. The van der Waals surface area contributed by atoms with E-state index in [1.807, 2.05) is 50.7 Å². The first kappa shape index (κ1) is 15.0. The van der Waals surface area contributed by atoms with Crippen molar-refractivity contribution in [3.63, 3.8) is 0 Å². The zero-order chi connectivity index (χ0) is 16.6. The third kappa shape index (κ3) is 2.61. The zero-order valence-electron chi connectivity index (χ0n) is 13.5. The highest BCUT2D eigenvalue weighted by Gasteiger charge is 2.16. The van der Waals surface area contributed by atoms with Gasteiger partial charge in [0, 0.05) is 31.0 Å². The maximum absolute atomic E-state index is 12.5. The Labute approximate surface area is 134 Å². The molecule has 0 atom stereocenters. The van der Waals surface area contributed by atoms with Crippen LogP contribution in [0.25, 0.3) is 11.4 Å². The van der Waals surface area contributed by atoms with Gasteiger partial charge >= 0.3 is 0 Å². The fourth-order valence-electron chi connectivity index (χ4n) is 2.45. The number of benzene rings is 1. The molecule has 1 aromatic carbocycles. The maximum Gasteiger partial charge on any atom is 0.259 e. The highest BCUT2D eigenvalue weighted by Crippen LogP contribution is 2.27. The van der Waals surface area contributed by atoms with Crippen LogP contribution in [-0.2, 0) is 14.1 Å². The smallest absolute Gasteiger partial charge is 0.259 e. The lowest BCUT2D eigenvalue weighted by Crippen LogP contribution is -2.14. The molecule has 0 aliphatic rings. The Kier molecular flexibility index (Phi) is 3.69.